The van der Waals surface area contributed by atoms with E-state index in [9.17, 15) is 4.79 Å². The van der Waals surface area contributed by atoms with Crippen LogP contribution in [-0.4, -0.2) is 18.9 Å². The van der Waals surface area contributed by atoms with E-state index in [1.165, 1.54) is 12.7 Å². The van der Waals surface area contributed by atoms with Gasteiger partial charge in [0.15, 0.2) is 0 Å². The Hall–Kier alpha value is -1.25. The first-order chi connectivity index (χ1) is 6.93. The maximum absolute atomic E-state index is 11.0. The molecule has 0 aliphatic heterocycles. The maximum atomic E-state index is 11.0. The Morgan fingerprint density at radius 3 is 2.47 bits per heavy atom. The summed E-state index contributed by atoms with van der Waals surface area (Å²) in [6, 6.07) is 0. The first-order valence-corrected chi connectivity index (χ1v) is 4.97. The highest BCUT2D eigenvalue weighted by atomic mass is 16.7. The van der Waals surface area contributed by atoms with Crippen molar-refractivity contribution in [2.24, 2.45) is 0 Å². The van der Waals surface area contributed by atoms with E-state index in [1.807, 2.05) is 20.8 Å². The van der Waals surface area contributed by atoms with E-state index in [4.69, 9.17) is 4.74 Å². The minimum absolute atomic E-state index is 0.654. The van der Waals surface area contributed by atoms with Gasteiger partial charge in [0, 0.05) is 0 Å². The predicted molar refractivity (Wildman–Crippen MR) is 60.8 cm³/mol. The highest BCUT2D eigenvalue weighted by Crippen LogP contribution is 2.20. The third kappa shape index (κ3) is 5.94. The Balaban J connectivity index is 4.25. The van der Waals surface area contributed by atoms with Crippen molar-refractivity contribution in [1.82, 2.24) is 0 Å². The molecule has 3 nitrogen and oxygen atoms in total. The molecule has 0 spiro atoms. The second-order valence-electron chi connectivity index (χ2n) is 3.89. The zero-order valence-corrected chi connectivity index (χ0v) is 10.0. The molecule has 0 aliphatic rings. The average Bonchev–Trinajstić information content (AvgIpc) is 2.17. The van der Waals surface area contributed by atoms with Crippen LogP contribution in [0.2, 0.25) is 0 Å². The van der Waals surface area contributed by atoms with Crippen LogP contribution < -0.4 is 0 Å². The molecule has 0 aromatic carbocycles. The van der Waals surface area contributed by atoms with Gasteiger partial charge in [0.2, 0.25) is 0 Å². The SMILES string of the molecule is C=C[C@@](C)(CCC=C(C)C)OC(=O)OC. The van der Waals surface area contributed by atoms with Crippen molar-refractivity contribution in [2.45, 2.75) is 39.2 Å². The van der Waals surface area contributed by atoms with Crippen LogP contribution in [-0.2, 0) is 9.47 Å². The van der Waals surface area contributed by atoms with Crippen LogP contribution in [0, 0.1) is 0 Å². The molecule has 86 valence electrons. The van der Waals surface area contributed by atoms with Gasteiger partial charge in [0.1, 0.15) is 5.60 Å². The standard InChI is InChI=1S/C12H20O3/c1-6-12(4,15-11(13)14-5)9-7-8-10(2)3/h6,8H,1,7,9H2,2-5H3/t12-/m0/s1. The molecule has 0 fully saturated rings. The highest BCUT2D eigenvalue weighted by molar-refractivity contribution is 5.60. The molecule has 0 saturated heterocycles. The van der Waals surface area contributed by atoms with E-state index in [0.29, 0.717) is 6.42 Å². The Morgan fingerprint density at radius 2 is 2.07 bits per heavy atom. The van der Waals surface area contributed by atoms with E-state index in [-0.39, 0.29) is 0 Å². The molecule has 0 aliphatic carbocycles. The third-order valence-corrected chi connectivity index (χ3v) is 2.11. The molecule has 0 aromatic heterocycles. The van der Waals surface area contributed by atoms with E-state index >= 15 is 0 Å². The van der Waals surface area contributed by atoms with Crippen LogP contribution in [0.4, 0.5) is 4.79 Å². The minimum atomic E-state index is -0.672. The van der Waals surface area contributed by atoms with Crippen LogP contribution in [0.15, 0.2) is 24.3 Å². The molecule has 0 bridgehead atoms. The summed E-state index contributed by atoms with van der Waals surface area (Å²) >= 11 is 0. The van der Waals surface area contributed by atoms with E-state index < -0.39 is 11.8 Å². The summed E-state index contributed by atoms with van der Waals surface area (Å²) in [6.45, 7) is 9.55. The van der Waals surface area contributed by atoms with Gasteiger partial charge >= 0.3 is 6.16 Å². The smallest absolute Gasteiger partial charge is 0.438 e. The van der Waals surface area contributed by atoms with E-state index in [0.717, 1.165) is 6.42 Å². The van der Waals surface area contributed by atoms with E-state index in [1.54, 1.807) is 6.08 Å². The fourth-order valence-corrected chi connectivity index (χ4v) is 1.07. The lowest BCUT2D eigenvalue weighted by atomic mass is 9.99. The van der Waals surface area contributed by atoms with Crippen molar-refractivity contribution in [3.05, 3.63) is 24.3 Å². The molecule has 0 unspecified atom stereocenters. The van der Waals surface area contributed by atoms with Crippen molar-refractivity contribution >= 4 is 6.16 Å². The predicted octanol–water partition coefficient (Wildman–Crippen LogP) is 3.46. The topological polar surface area (TPSA) is 35.5 Å². The fourth-order valence-electron chi connectivity index (χ4n) is 1.07. The number of methoxy groups -OCH3 is 1. The van der Waals surface area contributed by atoms with Gasteiger partial charge in [-0.25, -0.2) is 4.79 Å². The molecule has 15 heavy (non-hydrogen) atoms. The zero-order chi connectivity index (χ0) is 11.9. The lowest BCUT2D eigenvalue weighted by Gasteiger charge is -2.24. The normalized spacial score (nSPS) is 13.6. The fraction of sp³-hybridized carbons (Fsp3) is 0.583. The van der Waals surface area contributed by atoms with Gasteiger partial charge < -0.3 is 9.47 Å². The first kappa shape index (κ1) is 13.8. The van der Waals surface area contributed by atoms with Gasteiger partial charge in [-0.2, -0.15) is 0 Å². The van der Waals surface area contributed by atoms with Gasteiger partial charge in [0.25, 0.3) is 0 Å². The van der Waals surface area contributed by atoms with Crippen LogP contribution in [0.3, 0.4) is 0 Å². The number of allylic oxidation sites excluding steroid dienone is 2. The maximum Gasteiger partial charge on any atom is 0.508 e. The number of rotatable bonds is 5. The Bertz CT molecular complexity index is 252. The second kappa shape index (κ2) is 6.27. The number of hydrogen-bond acceptors (Lipinski definition) is 3. The molecule has 0 N–H and O–H groups in total. The second-order valence-corrected chi connectivity index (χ2v) is 3.89. The molecule has 0 rings (SSSR count). The van der Waals surface area contributed by atoms with E-state index in [2.05, 4.69) is 17.4 Å². The van der Waals surface area contributed by atoms with Crippen LogP contribution in [0.25, 0.3) is 0 Å². The molecule has 0 amide bonds. The van der Waals surface area contributed by atoms with Gasteiger partial charge in [0.05, 0.1) is 7.11 Å². The summed E-state index contributed by atoms with van der Waals surface area (Å²) in [5, 5.41) is 0. The minimum Gasteiger partial charge on any atom is -0.438 e. The lowest BCUT2D eigenvalue weighted by Crippen LogP contribution is -2.29. The van der Waals surface area contributed by atoms with Crippen molar-refractivity contribution < 1.29 is 14.3 Å². The summed E-state index contributed by atoms with van der Waals surface area (Å²) in [5.74, 6) is 0. The van der Waals surface area contributed by atoms with Crippen molar-refractivity contribution in [3.8, 4) is 0 Å². The monoisotopic (exact) mass is 212 g/mol. The average molecular weight is 212 g/mol. The third-order valence-electron chi connectivity index (χ3n) is 2.11. The summed E-state index contributed by atoms with van der Waals surface area (Å²) in [7, 11) is 1.29. The molecule has 0 radical (unpaired) electrons. The molecule has 0 heterocycles. The summed E-state index contributed by atoms with van der Waals surface area (Å²) < 4.78 is 9.56. The zero-order valence-electron chi connectivity index (χ0n) is 10.0. The molecular weight excluding hydrogens is 192 g/mol. The quantitative estimate of drug-likeness (QED) is 0.517. The molecule has 0 saturated carbocycles. The molecular formula is C12H20O3. The summed E-state index contributed by atoms with van der Waals surface area (Å²) in [6.07, 6.45) is 4.61. The Labute approximate surface area is 91.8 Å². The summed E-state index contributed by atoms with van der Waals surface area (Å²) in [5.41, 5.74) is 0.596. The van der Waals surface area contributed by atoms with Gasteiger partial charge in [-0.15, -0.1) is 0 Å². The summed E-state index contributed by atoms with van der Waals surface area (Å²) in [4.78, 5) is 11.0. The molecule has 0 aromatic rings. The largest absolute Gasteiger partial charge is 0.508 e. The van der Waals surface area contributed by atoms with Crippen LogP contribution >= 0.6 is 0 Å². The van der Waals surface area contributed by atoms with Gasteiger partial charge in [-0.05, 0) is 39.7 Å². The number of hydrogen-bond donors (Lipinski definition) is 0. The van der Waals surface area contributed by atoms with Crippen LogP contribution in [0.5, 0.6) is 0 Å². The number of ether oxygens (including phenoxy) is 2. The highest BCUT2D eigenvalue weighted by Gasteiger charge is 2.24. The first-order valence-electron chi connectivity index (χ1n) is 4.97. The molecule has 3 heteroatoms. The van der Waals surface area contributed by atoms with Gasteiger partial charge in [-0.3, -0.25) is 0 Å². The van der Waals surface area contributed by atoms with Gasteiger partial charge in [-0.1, -0.05) is 18.2 Å². The lowest BCUT2D eigenvalue weighted by molar-refractivity contribution is 0.00533. The number of carbonyl (C=O) groups excluding carboxylic acids is 1. The van der Waals surface area contributed by atoms with Crippen molar-refractivity contribution in [1.29, 1.82) is 0 Å². The van der Waals surface area contributed by atoms with Crippen molar-refractivity contribution in [3.63, 3.8) is 0 Å². The van der Waals surface area contributed by atoms with Crippen molar-refractivity contribution in [2.75, 3.05) is 7.11 Å². The van der Waals surface area contributed by atoms with Crippen LogP contribution in [0.1, 0.15) is 33.6 Å². The molecule has 1 atom stereocenters. The number of carbonyl (C=O) groups is 1. The Morgan fingerprint density at radius 1 is 1.47 bits per heavy atom. The Kier molecular flexibility index (Phi) is 5.75.